The molecule has 19 heavy (non-hydrogen) atoms. The number of carbonyl (C=O) groups is 2. The summed E-state index contributed by atoms with van der Waals surface area (Å²) in [7, 11) is 0. The van der Waals surface area contributed by atoms with Crippen LogP contribution in [0.25, 0.3) is 0 Å². The highest BCUT2D eigenvalue weighted by molar-refractivity contribution is 6.11. The number of Topliss-reactive ketones (excluding diaryl/α,β-unsaturated/α-hetero) is 2. The second-order valence-electron chi connectivity index (χ2n) is 5.29. The van der Waals surface area contributed by atoms with Crippen molar-refractivity contribution in [2.24, 2.45) is 11.8 Å². The minimum atomic E-state index is -0.577. The average molecular weight is 262 g/mol. The van der Waals surface area contributed by atoms with Gasteiger partial charge in [0.05, 0.1) is 0 Å². The van der Waals surface area contributed by atoms with Crippen LogP contribution in [-0.4, -0.2) is 26.9 Å². The van der Waals surface area contributed by atoms with Gasteiger partial charge in [-0.25, -0.2) is 0 Å². The lowest BCUT2D eigenvalue weighted by Crippen LogP contribution is -2.08. The van der Waals surface area contributed by atoms with Gasteiger partial charge < -0.3 is 15.3 Å². The van der Waals surface area contributed by atoms with Crippen molar-refractivity contribution in [3.05, 3.63) is 17.2 Å². The Kier molecular flexibility index (Phi) is 2.52. The van der Waals surface area contributed by atoms with E-state index in [1.807, 2.05) is 0 Å². The second kappa shape index (κ2) is 3.98. The van der Waals surface area contributed by atoms with Crippen molar-refractivity contribution < 1.29 is 24.9 Å². The molecule has 5 nitrogen and oxygen atoms in total. The summed E-state index contributed by atoms with van der Waals surface area (Å²) in [5.74, 6) is -2.63. The van der Waals surface area contributed by atoms with Crippen LogP contribution in [0.2, 0.25) is 0 Å². The molecule has 0 unspecified atom stereocenters. The predicted octanol–water partition coefficient (Wildman–Crippen LogP) is 1.99. The fourth-order valence-electron chi connectivity index (χ4n) is 2.23. The summed E-state index contributed by atoms with van der Waals surface area (Å²) >= 11 is 0. The van der Waals surface area contributed by atoms with Crippen LogP contribution in [0.3, 0.4) is 0 Å². The maximum atomic E-state index is 12.0. The zero-order valence-electron chi connectivity index (χ0n) is 10.2. The van der Waals surface area contributed by atoms with Gasteiger partial charge in [-0.3, -0.25) is 9.59 Å². The summed E-state index contributed by atoms with van der Waals surface area (Å²) in [6.45, 7) is 0. The molecule has 2 aliphatic rings. The van der Waals surface area contributed by atoms with Crippen molar-refractivity contribution in [1.29, 1.82) is 0 Å². The Bertz CT molecular complexity index is 534. The van der Waals surface area contributed by atoms with E-state index in [9.17, 15) is 24.9 Å². The van der Waals surface area contributed by atoms with Gasteiger partial charge in [0.1, 0.15) is 28.4 Å². The van der Waals surface area contributed by atoms with Crippen molar-refractivity contribution >= 4 is 11.6 Å². The lowest BCUT2D eigenvalue weighted by atomic mass is 9.96. The van der Waals surface area contributed by atoms with Gasteiger partial charge in [0.25, 0.3) is 0 Å². The molecule has 100 valence electrons. The molecule has 5 heteroatoms. The molecule has 0 aliphatic heterocycles. The summed E-state index contributed by atoms with van der Waals surface area (Å²) in [6, 6.07) is 0.963. The van der Waals surface area contributed by atoms with E-state index in [-0.39, 0.29) is 34.5 Å². The van der Waals surface area contributed by atoms with E-state index in [4.69, 9.17) is 0 Å². The van der Waals surface area contributed by atoms with Crippen LogP contribution in [0.15, 0.2) is 6.07 Å². The molecule has 1 aromatic carbocycles. The van der Waals surface area contributed by atoms with Gasteiger partial charge in [-0.2, -0.15) is 0 Å². The van der Waals surface area contributed by atoms with Crippen molar-refractivity contribution in [2.45, 2.75) is 25.7 Å². The molecule has 2 aliphatic carbocycles. The first-order valence-corrected chi connectivity index (χ1v) is 6.37. The highest BCUT2D eigenvalue weighted by Gasteiger charge is 2.39. The SMILES string of the molecule is O=C(c1c(O)cc(O)c(C(=O)C2CC2)c1O)C1CC1. The predicted molar refractivity (Wildman–Crippen MR) is 65.5 cm³/mol. The molecule has 0 radical (unpaired) electrons. The quantitative estimate of drug-likeness (QED) is 0.721. The zero-order chi connectivity index (χ0) is 13.7. The summed E-state index contributed by atoms with van der Waals surface area (Å²) in [5, 5.41) is 29.5. The third kappa shape index (κ3) is 1.95. The molecule has 3 N–H and O–H groups in total. The van der Waals surface area contributed by atoms with Gasteiger partial charge in [-0.05, 0) is 25.7 Å². The molecule has 3 rings (SSSR count). The molecule has 2 saturated carbocycles. The molecular weight excluding hydrogens is 248 g/mol. The molecule has 0 heterocycles. The third-order valence-electron chi connectivity index (χ3n) is 3.65. The van der Waals surface area contributed by atoms with E-state index in [1.165, 1.54) is 0 Å². The fraction of sp³-hybridized carbons (Fsp3) is 0.429. The van der Waals surface area contributed by atoms with Crippen molar-refractivity contribution in [1.82, 2.24) is 0 Å². The Morgan fingerprint density at radius 2 is 1.21 bits per heavy atom. The Morgan fingerprint density at radius 1 is 0.842 bits per heavy atom. The van der Waals surface area contributed by atoms with E-state index >= 15 is 0 Å². The maximum absolute atomic E-state index is 12.0. The smallest absolute Gasteiger partial charge is 0.173 e. The van der Waals surface area contributed by atoms with Crippen molar-refractivity contribution in [3.8, 4) is 17.2 Å². The fourth-order valence-corrected chi connectivity index (χ4v) is 2.23. The van der Waals surface area contributed by atoms with Gasteiger partial charge >= 0.3 is 0 Å². The Labute approximate surface area is 109 Å². The summed E-state index contributed by atoms with van der Waals surface area (Å²) in [6.07, 6.45) is 2.91. The molecule has 0 saturated heterocycles. The van der Waals surface area contributed by atoms with Gasteiger partial charge in [0.2, 0.25) is 0 Å². The number of aromatic hydroxyl groups is 3. The second-order valence-corrected chi connectivity index (χ2v) is 5.29. The van der Waals surface area contributed by atoms with E-state index in [0.29, 0.717) is 0 Å². The minimum absolute atomic E-state index is 0.190. The van der Waals surface area contributed by atoms with Crippen molar-refractivity contribution in [3.63, 3.8) is 0 Å². The first-order valence-electron chi connectivity index (χ1n) is 6.37. The molecule has 0 amide bonds. The van der Waals surface area contributed by atoms with E-state index in [2.05, 4.69) is 0 Å². The standard InChI is InChI=1S/C14H14O5/c15-8-5-9(16)11(13(18)7-3-4-7)14(19)10(8)12(17)6-1-2-6/h5-7,15-16,19H,1-4H2. The number of rotatable bonds is 4. The highest BCUT2D eigenvalue weighted by atomic mass is 16.3. The van der Waals surface area contributed by atoms with E-state index in [1.54, 1.807) is 0 Å². The number of benzene rings is 1. The van der Waals surface area contributed by atoms with E-state index < -0.39 is 17.2 Å². The maximum Gasteiger partial charge on any atom is 0.173 e. The first-order chi connectivity index (χ1) is 9.00. The summed E-state index contributed by atoms with van der Waals surface area (Å²) in [4.78, 5) is 24.0. The average Bonchev–Trinajstić information content (AvgIpc) is 3.19. The number of ketones is 2. The van der Waals surface area contributed by atoms with Gasteiger partial charge in [-0.15, -0.1) is 0 Å². The Hall–Kier alpha value is -2.04. The Morgan fingerprint density at radius 3 is 1.53 bits per heavy atom. The topological polar surface area (TPSA) is 94.8 Å². The van der Waals surface area contributed by atoms with E-state index in [0.717, 1.165) is 31.7 Å². The largest absolute Gasteiger partial charge is 0.507 e. The van der Waals surface area contributed by atoms with Crippen LogP contribution in [-0.2, 0) is 0 Å². The van der Waals surface area contributed by atoms with Crippen LogP contribution in [0.5, 0.6) is 17.2 Å². The first kappa shape index (κ1) is 12.0. The van der Waals surface area contributed by atoms with Crippen LogP contribution in [0.1, 0.15) is 46.4 Å². The molecule has 1 aromatic rings. The van der Waals surface area contributed by atoms with Crippen LogP contribution < -0.4 is 0 Å². The monoisotopic (exact) mass is 262 g/mol. The molecule has 2 fully saturated rings. The third-order valence-corrected chi connectivity index (χ3v) is 3.65. The number of phenols is 3. The van der Waals surface area contributed by atoms with Gasteiger partial charge in [0, 0.05) is 17.9 Å². The lowest BCUT2D eigenvalue weighted by Gasteiger charge is -2.12. The van der Waals surface area contributed by atoms with Crippen molar-refractivity contribution in [2.75, 3.05) is 0 Å². The molecular formula is C14H14O5. The van der Waals surface area contributed by atoms with Gasteiger partial charge in [0.15, 0.2) is 11.6 Å². The summed E-state index contributed by atoms with van der Waals surface area (Å²) in [5.41, 5.74) is -0.464. The van der Waals surface area contributed by atoms with Gasteiger partial charge in [-0.1, -0.05) is 0 Å². The van der Waals surface area contributed by atoms with Crippen LogP contribution in [0.4, 0.5) is 0 Å². The molecule has 0 atom stereocenters. The summed E-state index contributed by atoms with van der Waals surface area (Å²) < 4.78 is 0. The number of carbonyl (C=O) groups excluding carboxylic acids is 2. The normalized spacial score (nSPS) is 18.3. The lowest BCUT2D eigenvalue weighted by molar-refractivity contribution is 0.0959. The molecule has 0 spiro atoms. The zero-order valence-corrected chi connectivity index (χ0v) is 10.2. The number of hydrogen-bond acceptors (Lipinski definition) is 5. The highest BCUT2D eigenvalue weighted by Crippen LogP contribution is 2.45. The molecule has 0 aromatic heterocycles. The Balaban J connectivity index is 2.10. The molecule has 0 bridgehead atoms. The van der Waals surface area contributed by atoms with Crippen LogP contribution >= 0.6 is 0 Å². The minimum Gasteiger partial charge on any atom is -0.507 e. The van der Waals surface area contributed by atoms with Crippen LogP contribution in [0, 0.1) is 11.8 Å². The number of phenolic OH excluding ortho intramolecular Hbond substituents is 3. The number of hydrogen-bond donors (Lipinski definition) is 3.